The zero-order valence-electron chi connectivity index (χ0n) is 9.56. The first-order valence-corrected chi connectivity index (χ1v) is 6.44. The van der Waals surface area contributed by atoms with E-state index in [2.05, 4.69) is 13.8 Å². The smallest absolute Gasteiger partial charge is 0.324 e. The largest absolute Gasteiger partial charge is 0.480 e. The lowest BCUT2D eigenvalue weighted by molar-refractivity contribution is -0.140. The van der Waals surface area contributed by atoms with Gasteiger partial charge in [0.25, 0.3) is 0 Å². The van der Waals surface area contributed by atoms with Crippen molar-refractivity contribution < 1.29 is 9.90 Å². The summed E-state index contributed by atoms with van der Waals surface area (Å²) in [6.07, 6.45) is 1.59. The Balaban J connectivity index is 2.47. The molecule has 0 saturated heterocycles. The van der Waals surface area contributed by atoms with E-state index in [1.165, 1.54) is 5.56 Å². The van der Waals surface area contributed by atoms with Crippen molar-refractivity contribution in [3.63, 3.8) is 0 Å². The van der Waals surface area contributed by atoms with Gasteiger partial charge in [-0.1, -0.05) is 38.1 Å². The summed E-state index contributed by atoms with van der Waals surface area (Å²) < 4.78 is -0.718. The van der Waals surface area contributed by atoms with E-state index in [4.69, 9.17) is 0 Å². The molecule has 1 N–H and O–H groups in total. The molecule has 1 unspecified atom stereocenters. The number of benzene rings is 1. The molecule has 0 aliphatic heterocycles. The molecule has 0 heterocycles. The molecule has 0 radical (unpaired) electrons. The number of carboxylic acid groups (broad SMARTS) is 1. The van der Waals surface area contributed by atoms with Crippen LogP contribution in [0.1, 0.15) is 31.4 Å². The normalized spacial score (nSPS) is 23.4. The molecule has 16 heavy (non-hydrogen) atoms. The Hall–Kier alpha value is -0.960. The molecular weight excluding hydrogens is 220 g/mol. The van der Waals surface area contributed by atoms with Crippen molar-refractivity contribution >= 4 is 17.7 Å². The molecule has 2 nitrogen and oxygen atoms in total. The van der Waals surface area contributed by atoms with Crippen LogP contribution >= 0.6 is 11.8 Å². The molecule has 1 atom stereocenters. The Morgan fingerprint density at radius 3 is 2.75 bits per heavy atom. The first-order chi connectivity index (χ1) is 7.56. The number of carboxylic acids is 1. The van der Waals surface area contributed by atoms with Crippen LogP contribution in [0, 0.1) is 0 Å². The predicted octanol–water partition coefficient (Wildman–Crippen LogP) is 3.05. The van der Waals surface area contributed by atoms with Crippen molar-refractivity contribution in [3.8, 4) is 0 Å². The molecule has 86 valence electrons. The van der Waals surface area contributed by atoms with Crippen LogP contribution in [0.25, 0.3) is 0 Å². The average Bonchev–Trinajstić information content (AvgIpc) is 2.58. The molecule has 1 aromatic carbocycles. The number of hydrogen-bond acceptors (Lipinski definition) is 2. The number of fused-ring (bicyclic) bond motifs is 1. The first-order valence-electron chi connectivity index (χ1n) is 5.56. The zero-order chi connectivity index (χ0) is 11.8. The van der Waals surface area contributed by atoms with E-state index in [9.17, 15) is 9.90 Å². The fourth-order valence-electron chi connectivity index (χ4n) is 2.37. The number of carbonyl (C=O) groups is 1. The van der Waals surface area contributed by atoms with Crippen molar-refractivity contribution in [1.82, 2.24) is 0 Å². The Bertz CT molecular complexity index is 414. The summed E-state index contributed by atoms with van der Waals surface area (Å²) in [4.78, 5) is 11.6. The summed E-state index contributed by atoms with van der Waals surface area (Å²) >= 11 is 1.56. The molecule has 0 amide bonds. The third-order valence-corrected chi connectivity index (χ3v) is 4.45. The van der Waals surface area contributed by atoms with E-state index in [0.717, 1.165) is 12.0 Å². The molecule has 1 aromatic rings. The van der Waals surface area contributed by atoms with E-state index in [0.29, 0.717) is 11.7 Å². The highest BCUT2D eigenvalue weighted by Gasteiger charge is 2.46. The van der Waals surface area contributed by atoms with Crippen molar-refractivity contribution in [2.24, 2.45) is 0 Å². The first kappa shape index (κ1) is 11.5. The fraction of sp³-hybridized carbons (Fsp3) is 0.462. The van der Waals surface area contributed by atoms with E-state index in [1.807, 2.05) is 24.3 Å². The molecule has 0 bridgehead atoms. The maximum absolute atomic E-state index is 11.6. The van der Waals surface area contributed by atoms with Gasteiger partial charge in [0.15, 0.2) is 0 Å². The minimum atomic E-state index is -0.718. The van der Waals surface area contributed by atoms with Gasteiger partial charge in [-0.25, -0.2) is 0 Å². The van der Waals surface area contributed by atoms with Gasteiger partial charge in [0.2, 0.25) is 0 Å². The summed E-state index contributed by atoms with van der Waals surface area (Å²) in [6.45, 7) is 4.10. The molecule has 0 fully saturated rings. The van der Waals surface area contributed by atoms with E-state index in [-0.39, 0.29) is 0 Å². The van der Waals surface area contributed by atoms with Crippen LogP contribution in [-0.4, -0.2) is 16.3 Å². The van der Waals surface area contributed by atoms with Gasteiger partial charge in [-0.3, -0.25) is 4.79 Å². The van der Waals surface area contributed by atoms with E-state index >= 15 is 0 Å². The molecule has 1 aliphatic rings. The molecule has 0 spiro atoms. The molecular formula is C13H16O2S. The van der Waals surface area contributed by atoms with E-state index in [1.54, 1.807) is 11.8 Å². The van der Waals surface area contributed by atoms with E-state index < -0.39 is 10.7 Å². The standard InChI is InChI=1S/C13H16O2S/c1-9(2)16-13(12(14)15)8-7-10-5-3-4-6-11(10)13/h3-6,9H,7-8H2,1-2H3,(H,14,15). The second kappa shape index (κ2) is 4.13. The quantitative estimate of drug-likeness (QED) is 0.876. The van der Waals surface area contributed by atoms with Crippen LogP contribution in [0.4, 0.5) is 0 Å². The maximum Gasteiger partial charge on any atom is 0.324 e. The van der Waals surface area contributed by atoms with Gasteiger partial charge in [0.1, 0.15) is 4.75 Å². The van der Waals surface area contributed by atoms with Crippen molar-refractivity contribution in [2.45, 2.75) is 36.7 Å². The van der Waals surface area contributed by atoms with Crippen molar-refractivity contribution in [1.29, 1.82) is 0 Å². The average molecular weight is 236 g/mol. The van der Waals surface area contributed by atoms with Crippen molar-refractivity contribution in [2.75, 3.05) is 0 Å². The number of aryl methyl sites for hydroxylation is 1. The number of hydrogen-bond donors (Lipinski definition) is 1. The van der Waals surface area contributed by atoms with Gasteiger partial charge in [-0.2, -0.15) is 0 Å². The Kier molecular flexibility index (Phi) is 2.98. The molecule has 1 aliphatic carbocycles. The van der Waals surface area contributed by atoms with Crippen LogP contribution in [0.2, 0.25) is 0 Å². The van der Waals surface area contributed by atoms with Crippen molar-refractivity contribution in [3.05, 3.63) is 35.4 Å². The third kappa shape index (κ3) is 1.73. The molecule has 0 saturated carbocycles. The van der Waals surface area contributed by atoms with Crippen LogP contribution in [-0.2, 0) is 16.0 Å². The monoisotopic (exact) mass is 236 g/mol. The van der Waals surface area contributed by atoms with Gasteiger partial charge >= 0.3 is 5.97 Å². The van der Waals surface area contributed by atoms with Crippen LogP contribution in [0.15, 0.2) is 24.3 Å². The van der Waals surface area contributed by atoms with Gasteiger partial charge in [-0.15, -0.1) is 11.8 Å². The SMILES string of the molecule is CC(C)SC1(C(=O)O)CCc2ccccc21. The number of rotatable bonds is 3. The minimum Gasteiger partial charge on any atom is -0.480 e. The Morgan fingerprint density at radius 1 is 1.44 bits per heavy atom. The number of aliphatic carboxylic acids is 1. The molecule has 2 rings (SSSR count). The van der Waals surface area contributed by atoms with Crippen LogP contribution < -0.4 is 0 Å². The summed E-state index contributed by atoms with van der Waals surface area (Å²) in [5, 5.41) is 9.86. The minimum absolute atomic E-state index is 0.322. The van der Waals surface area contributed by atoms with Gasteiger partial charge in [0.05, 0.1) is 0 Å². The highest BCUT2D eigenvalue weighted by Crippen LogP contribution is 2.49. The Labute approximate surface area is 100 Å². The summed E-state index contributed by atoms with van der Waals surface area (Å²) in [5.41, 5.74) is 2.19. The second-order valence-corrected chi connectivity index (χ2v) is 6.33. The van der Waals surface area contributed by atoms with Gasteiger partial charge < -0.3 is 5.11 Å². The summed E-state index contributed by atoms with van der Waals surface area (Å²) in [5.74, 6) is -0.698. The fourth-order valence-corrected chi connectivity index (χ4v) is 3.83. The lowest BCUT2D eigenvalue weighted by Crippen LogP contribution is -2.31. The number of thioether (sulfide) groups is 1. The topological polar surface area (TPSA) is 37.3 Å². The van der Waals surface area contributed by atoms with Gasteiger partial charge in [0, 0.05) is 5.25 Å². The maximum atomic E-state index is 11.6. The van der Waals surface area contributed by atoms with Crippen LogP contribution in [0.3, 0.4) is 0 Å². The second-order valence-electron chi connectivity index (χ2n) is 4.46. The highest BCUT2D eigenvalue weighted by molar-refractivity contribution is 8.01. The zero-order valence-corrected chi connectivity index (χ0v) is 10.4. The predicted molar refractivity (Wildman–Crippen MR) is 66.8 cm³/mol. The summed E-state index contributed by atoms with van der Waals surface area (Å²) in [6, 6.07) is 7.92. The molecule has 3 heteroatoms. The van der Waals surface area contributed by atoms with Gasteiger partial charge in [-0.05, 0) is 24.0 Å². The molecule has 0 aromatic heterocycles. The summed E-state index contributed by atoms with van der Waals surface area (Å²) in [7, 11) is 0. The lowest BCUT2D eigenvalue weighted by Gasteiger charge is -2.26. The third-order valence-electron chi connectivity index (χ3n) is 2.98. The highest BCUT2D eigenvalue weighted by atomic mass is 32.2. The van der Waals surface area contributed by atoms with Crippen LogP contribution in [0.5, 0.6) is 0 Å². The Morgan fingerprint density at radius 2 is 2.12 bits per heavy atom. The lowest BCUT2D eigenvalue weighted by atomic mass is 10.0.